The Morgan fingerprint density at radius 2 is 0.500 bits per heavy atom. The lowest BCUT2D eigenvalue weighted by Gasteiger charge is -2.21. The zero-order valence-corrected chi connectivity index (χ0v) is 68.9. The third-order valence-corrected chi connectivity index (χ3v) is 21.6. The quantitative estimate of drug-likeness (QED) is 0.0222. The van der Waals surface area contributed by atoms with E-state index in [1.165, 1.54) is 238 Å². The molecule has 0 bridgehead atoms. The Morgan fingerprint density at radius 1 is 0.284 bits per heavy atom. The molecule has 606 valence electrons. The highest BCUT2D eigenvalue weighted by Gasteiger charge is 2.30. The van der Waals surface area contributed by atoms with E-state index in [0.717, 1.165) is 108 Å². The van der Waals surface area contributed by atoms with E-state index in [0.29, 0.717) is 31.6 Å². The largest absolute Gasteiger partial charge is 0.472 e. The summed E-state index contributed by atoms with van der Waals surface area (Å²) in [5, 5.41) is 10.6. The minimum Gasteiger partial charge on any atom is -0.462 e. The van der Waals surface area contributed by atoms with Crippen LogP contribution < -0.4 is 0 Å². The van der Waals surface area contributed by atoms with Crippen LogP contribution in [0, 0.1) is 17.8 Å². The van der Waals surface area contributed by atoms with Gasteiger partial charge in [0.2, 0.25) is 0 Å². The maximum Gasteiger partial charge on any atom is 0.472 e. The van der Waals surface area contributed by atoms with E-state index in [1.807, 2.05) is 0 Å². The molecule has 0 saturated heterocycles. The van der Waals surface area contributed by atoms with Crippen LogP contribution in [0.4, 0.5) is 0 Å². The molecule has 0 rings (SSSR count). The van der Waals surface area contributed by atoms with Crippen LogP contribution >= 0.6 is 15.6 Å². The molecule has 0 heterocycles. The van der Waals surface area contributed by atoms with Crippen molar-refractivity contribution in [2.45, 2.75) is 452 Å². The minimum atomic E-state index is -4.96. The Kier molecular flexibility index (Phi) is 71.8. The van der Waals surface area contributed by atoms with Crippen molar-refractivity contribution >= 4 is 39.5 Å². The number of phosphoric ester groups is 2. The molecular weight excluding hydrogens is 1330 g/mol. The van der Waals surface area contributed by atoms with Crippen molar-refractivity contribution in [1.29, 1.82) is 0 Å². The van der Waals surface area contributed by atoms with Gasteiger partial charge in [-0.25, -0.2) is 9.13 Å². The Hall–Kier alpha value is -1.94. The van der Waals surface area contributed by atoms with E-state index in [-0.39, 0.29) is 25.7 Å². The first kappa shape index (κ1) is 100. The molecule has 0 aliphatic heterocycles. The van der Waals surface area contributed by atoms with Gasteiger partial charge in [-0.15, -0.1) is 0 Å². The van der Waals surface area contributed by atoms with Gasteiger partial charge in [0, 0.05) is 25.7 Å². The molecule has 17 nitrogen and oxygen atoms in total. The lowest BCUT2D eigenvalue weighted by molar-refractivity contribution is -0.161. The summed E-state index contributed by atoms with van der Waals surface area (Å²) in [6.45, 7) is 11.9. The molecule has 0 fully saturated rings. The number of hydrogen-bond acceptors (Lipinski definition) is 15. The Morgan fingerprint density at radius 3 is 0.745 bits per heavy atom. The molecule has 3 unspecified atom stereocenters. The van der Waals surface area contributed by atoms with Gasteiger partial charge in [0.15, 0.2) is 12.2 Å². The van der Waals surface area contributed by atoms with Gasteiger partial charge in [-0.05, 0) is 43.4 Å². The van der Waals surface area contributed by atoms with Gasteiger partial charge < -0.3 is 33.8 Å². The van der Waals surface area contributed by atoms with Crippen molar-refractivity contribution in [1.82, 2.24) is 0 Å². The molecule has 0 aromatic carbocycles. The summed E-state index contributed by atoms with van der Waals surface area (Å²) in [7, 11) is -9.92. The summed E-state index contributed by atoms with van der Waals surface area (Å²) < 4.78 is 68.7. The minimum absolute atomic E-state index is 0.104. The average molecular weight is 1490 g/mol. The highest BCUT2D eigenvalue weighted by atomic mass is 31.2. The van der Waals surface area contributed by atoms with Gasteiger partial charge in [-0.3, -0.25) is 37.3 Å². The summed E-state index contributed by atoms with van der Waals surface area (Å²) in [5.41, 5.74) is 0. The fourth-order valence-electron chi connectivity index (χ4n) is 12.8. The maximum atomic E-state index is 13.1. The van der Waals surface area contributed by atoms with Crippen molar-refractivity contribution in [2.24, 2.45) is 17.8 Å². The molecule has 0 aromatic rings. The molecule has 19 heteroatoms. The molecule has 102 heavy (non-hydrogen) atoms. The van der Waals surface area contributed by atoms with E-state index in [1.54, 1.807) is 0 Å². The second kappa shape index (κ2) is 73.2. The Labute approximate surface area is 626 Å². The van der Waals surface area contributed by atoms with Crippen LogP contribution in [-0.2, 0) is 65.4 Å². The summed E-state index contributed by atoms with van der Waals surface area (Å²) in [4.78, 5) is 73.0. The highest BCUT2D eigenvalue weighted by molar-refractivity contribution is 7.47. The van der Waals surface area contributed by atoms with Crippen LogP contribution in [0.2, 0.25) is 0 Å². The number of rotatable bonds is 81. The summed E-state index contributed by atoms with van der Waals surface area (Å²) >= 11 is 0. The van der Waals surface area contributed by atoms with Crippen LogP contribution in [0.1, 0.15) is 434 Å². The molecule has 0 amide bonds. The first-order valence-corrected chi connectivity index (χ1v) is 45.9. The van der Waals surface area contributed by atoms with E-state index >= 15 is 0 Å². The number of esters is 4. The molecule has 0 saturated carbocycles. The van der Waals surface area contributed by atoms with Gasteiger partial charge in [0.05, 0.1) is 26.4 Å². The normalized spacial score (nSPS) is 14.2. The topological polar surface area (TPSA) is 237 Å². The molecule has 3 N–H and O–H groups in total. The molecule has 6 atom stereocenters. The van der Waals surface area contributed by atoms with Crippen molar-refractivity contribution in [3.05, 3.63) is 0 Å². The third-order valence-electron chi connectivity index (χ3n) is 19.7. The van der Waals surface area contributed by atoms with E-state index < -0.39 is 97.5 Å². The SMILES string of the molecule is CCCCCCCCCCCCCCCCCCCCCC(=O)OC[C@H](COP(=O)(O)OC[C@@H](O)COP(=O)(O)OC[C@@H](COC(=O)CCCCCCCCC(C)C)OC(=O)CCCCCCCCCCCC(C)C)OC(=O)CCCCCCCCCCCCCCCCCCCCC(C)CC. The fourth-order valence-corrected chi connectivity index (χ4v) is 14.4. The smallest absolute Gasteiger partial charge is 0.462 e. The monoisotopic (exact) mass is 1490 g/mol. The van der Waals surface area contributed by atoms with Gasteiger partial charge in [-0.1, -0.05) is 382 Å². The molecule has 0 aliphatic rings. The summed E-state index contributed by atoms with van der Waals surface area (Å²) in [5.74, 6) is 0.174. The van der Waals surface area contributed by atoms with Crippen LogP contribution in [0.25, 0.3) is 0 Å². The Bertz CT molecular complexity index is 1980. The standard InChI is InChI=1S/C83H162O17P2/c1-8-10-11-12-13-14-15-16-17-18-19-23-26-29-32-37-42-50-57-64-80(85)93-70-78(99-82(87)66-59-52-43-38-33-30-27-24-21-20-22-25-28-31-36-41-49-56-63-76(7)9-2)72-97-101(89,90)95-68-77(84)69-96-102(91,92)98-73-79(71-94-81(86)65-58-51-46-45-48-55-62-75(5)6)100-83(88)67-60-53-44-39-34-35-40-47-54-61-74(3)4/h74-79,84H,8-73H2,1-7H3,(H,89,90)(H,91,92)/t76?,77-,78-,79-/m1/s1. The number of hydrogen-bond donors (Lipinski definition) is 3. The number of unbranched alkanes of at least 4 members (excludes halogenated alkanes) is 48. The van der Waals surface area contributed by atoms with E-state index in [4.69, 9.17) is 37.0 Å². The van der Waals surface area contributed by atoms with Crippen LogP contribution in [0.3, 0.4) is 0 Å². The van der Waals surface area contributed by atoms with Crippen molar-refractivity contribution in [3.63, 3.8) is 0 Å². The zero-order chi connectivity index (χ0) is 75.1. The van der Waals surface area contributed by atoms with Crippen molar-refractivity contribution in [2.75, 3.05) is 39.6 Å². The average Bonchev–Trinajstić information content (AvgIpc) is 0.910. The number of phosphoric acid groups is 2. The molecule has 0 radical (unpaired) electrons. The molecule has 0 aromatic heterocycles. The first-order chi connectivity index (χ1) is 49.3. The third kappa shape index (κ3) is 74.9. The summed E-state index contributed by atoms with van der Waals surface area (Å²) in [6.07, 6.45) is 62.8. The maximum absolute atomic E-state index is 13.1. The van der Waals surface area contributed by atoms with Crippen molar-refractivity contribution < 1.29 is 80.2 Å². The summed E-state index contributed by atoms with van der Waals surface area (Å²) in [6, 6.07) is 0. The van der Waals surface area contributed by atoms with Crippen LogP contribution in [-0.4, -0.2) is 96.7 Å². The molecule has 0 aliphatic carbocycles. The molecule has 0 spiro atoms. The highest BCUT2D eigenvalue weighted by Crippen LogP contribution is 2.45. The second-order valence-electron chi connectivity index (χ2n) is 31.1. The fraction of sp³-hybridized carbons (Fsp3) is 0.952. The Balaban J connectivity index is 5.19. The van der Waals surface area contributed by atoms with Gasteiger partial charge in [0.25, 0.3) is 0 Å². The van der Waals surface area contributed by atoms with E-state index in [9.17, 15) is 43.2 Å². The molecular formula is C83H162O17P2. The number of carbonyl (C=O) groups excluding carboxylic acids is 4. The number of ether oxygens (including phenoxy) is 4. The van der Waals surface area contributed by atoms with E-state index in [2.05, 4.69) is 48.5 Å². The first-order valence-electron chi connectivity index (χ1n) is 42.9. The van der Waals surface area contributed by atoms with Crippen LogP contribution in [0.5, 0.6) is 0 Å². The lowest BCUT2D eigenvalue weighted by Crippen LogP contribution is -2.30. The number of carbonyl (C=O) groups is 4. The van der Waals surface area contributed by atoms with Gasteiger partial charge >= 0.3 is 39.5 Å². The number of aliphatic hydroxyl groups is 1. The predicted molar refractivity (Wildman–Crippen MR) is 418 cm³/mol. The van der Waals surface area contributed by atoms with Crippen LogP contribution in [0.15, 0.2) is 0 Å². The van der Waals surface area contributed by atoms with Gasteiger partial charge in [0.1, 0.15) is 19.3 Å². The van der Waals surface area contributed by atoms with Gasteiger partial charge in [-0.2, -0.15) is 0 Å². The lowest BCUT2D eigenvalue weighted by atomic mass is 9.99. The second-order valence-corrected chi connectivity index (χ2v) is 34.0. The number of aliphatic hydroxyl groups excluding tert-OH is 1. The zero-order valence-electron chi connectivity index (χ0n) is 67.1. The predicted octanol–water partition coefficient (Wildman–Crippen LogP) is 24.9. The van der Waals surface area contributed by atoms with Crippen molar-refractivity contribution in [3.8, 4) is 0 Å².